The minimum Gasteiger partial charge on any atom is -0.454 e. The third kappa shape index (κ3) is 4.75. The summed E-state index contributed by atoms with van der Waals surface area (Å²) in [7, 11) is 0. The lowest BCUT2D eigenvalue weighted by Gasteiger charge is -2.30. The average molecular weight is 403 g/mol. The van der Waals surface area contributed by atoms with E-state index >= 15 is 0 Å². The van der Waals surface area contributed by atoms with Crippen molar-refractivity contribution in [3.05, 3.63) is 35.4 Å². The number of esters is 1. The van der Waals surface area contributed by atoms with Crippen molar-refractivity contribution in [2.75, 3.05) is 13.2 Å². The molecule has 1 saturated heterocycles. The van der Waals surface area contributed by atoms with Crippen LogP contribution in [0.4, 0.5) is 4.79 Å². The highest BCUT2D eigenvalue weighted by atomic mass is 16.5. The van der Waals surface area contributed by atoms with E-state index in [2.05, 4.69) is 5.32 Å². The Morgan fingerprint density at radius 3 is 2.17 bits per heavy atom. The zero-order valence-corrected chi connectivity index (χ0v) is 17.8. The highest BCUT2D eigenvalue weighted by Gasteiger charge is 2.49. The Morgan fingerprint density at radius 1 is 1.10 bits per heavy atom. The largest absolute Gasteiger partial charge is 0.454 e. The molecular formula is C21H29N3O5. The van der Waals surface area contributed by atoms with Gasteiger partial charge in [0.25, 0.3) is 11.8 Å². The smallest absolute Gasteiger partial charge is 0.326 e. The third-order valence-corrected chi connectivity index (χ3v) is 4.95. The summed E-state index contributed by atoms with van der Waals surface area (Å²) < 4.78 is 5.03. The molecule has 1 N–H and O–H groups in total. The number of carbonyl (C=O) groups is 4. The maximum absolute atomic E-state index is 12.8. The highest BCUT2D eigenvalue weighted by Crippen LogP contribution is 2.28. The van der Waals surface area contributed by atoms with Crippen LogP contribution in [-0.2, 0) is 24.7 Å². The van der Waals surface area contributed by atoms with Crippen molar-refractivity contribution in [1.29, 1.82) is 0 Å². The second kappa shape index (κ2) is 8.63. The maximum Gasteiger partial charge on any atom is 0.326 e. The van der Waals surface area contributed by atoms with Gasteiger partial charge in [0.2, 0.25) is 0 Å². The molecule has 8 nitrogen and oxygen atoms in total. The predicted molar refractivity (Wildman–Crippen MR) is 107 cm³/mol. The molecule has 1 heterocycles. The van der Waals surface area contributed by atoms with E-state index in [9.17, 15) is 19.2 Å². The van der Waals surface area contributed by atoms with Gasteiger partial charge in [0.15, 0.2) is 6.61 Å². The number of amides is 4. The molecular weight excluding hydrogens is 374 g/mol. The summed E-state index contributed by atoms with van der Waals surface area (Å²) in [5.74, 6) is -1.69. The zero-order valence-electron chi connectivity index (χ0n) is 17.8. The number of carbonyl (C=O) groups excluding carboxylic acids is 4. The summed E-state index contributed by atoms with van der Waals surface area (Å²) >= 11 is 0. The molecule has 0 aliphatic carbocycles. The molecule has 1 aliphatic rings. The molecule has 1 aliphatic heterocycles. The number of aryl methyl sites for hydroxylation is 1. The number of nitrogens with one attached hydrogen (secondary N) is 1. The first-order valence-corrected chi connectivity index (χ1v) is 9.65. The topological polar surface area (TPSA) is 96.0 Å². The Kier molecular flexibility index (Phi) is 6.66. The molecule has 0 aromatic heterocycles. The molecule has 0 unspecified atom stereocenters. The Labute approximate surface area is 171 Å². The first-order valence-electron chi connectivity index (χ1n) is 9.65. The van der Waals surface area contributed by atoms with Gasteiger partial charge in [0.1, 0.15) is 12.1 Å². The minimum atomic E-state index is -1.26. The van der Waals surface area contributed by atoms with Crippen LogP contribution in [0, 0.1) is 6.92 Å². The summed E-state index contributed by atoms with van der Waals surface area (Å²) in [6.45, 7) is 10.0. The monoisotopic (exact) mass is 403 g/mol. The lowest BCUT2D eigenvalue weighted by Crippen LogP contribution is -2.45. The second-order valence-corrected chi connectivity index (χ2v) is 7.96. The average Bonchev–Trinajstić information content (AvgIpc) is 2.84. The summed E-state index contributed by atoms with van der Waals surface area (Å²) in [4.78, 5) is 52.1. The van der Waals surface area contributed by atoms with Gasteiger partial charge in [-0.05, 0) is 47.1 Å². The highest BCUT2D eigenvalue weighted by molar-refractivity contribution is 6.08. The fraction of sp³-hybridized carbons (Fsp3) is 0.524. The second-order valence-electron chi connectivity index (χ2n) is 7.96. The van der Waals surface area contributed by atoms with E-state index in [1.54, 1.807) is 24.0 Å². The number of hydrogen-bond acceptors (Lipinski definition) is 5. The Bertz CT molecular complexity index is 795. The summed E-state index contributed by atoms with van der Waals surface area (Å²) in [5.41, 5.74) is 0.389. The van der Waals surface area contributed by atoms with Crippen LogP contribution in [0.3, 0.4) is 0 Å². The molecule has 0 radical (unpaired) electrons. The lowest BCUT2D eigenvalue weighted by molar-refractivity contribution is -0.155. The quantitative estimate of drug-likeness (QED) is 0.555. The molecule has 1 atom stereocenters. The van der Waals surface area contributed by atoms with Crippen LogP contribution in [0.15, 0.2) is 24.3 Å². The number of nitrogens with zero attached hydrogens (tertiary/aromatic N) is 2. The number of urea groups is 1. The van der Waals surface area contributed by atoms with Crippen LogP contribution in [0.2, 0.25) is 0 Å². The first kappa shape index (κ1) is 22.4. The summed E-state index contributed by atoms with van der Waals surface area (Å²) in [6, 6.07) is 6.47. The molecule has 1 aromatic carbocycles. The number of benzene rings is 1. The van der Waals surface area contributed by atoms with Crippen LogP contribution in [0.1, 0.15) is 45.7 Å². The van der Waals surface area contributed by atoms with Crippen molar-refractivity contribution in [3.8, 4) is 0 Å². The van der Waals surface area contributed by atoms with E-state index in [1.807, 2.05) is 46.8 Å². The number of imide groups is 1. The van der Waals surface area contributed by atoms with Crippen molar-refractivity contribution in [3.63, 3.8) is 0 Å². The van der Waals surface area contributed by atoms with Gasteiger partial charge in [-0.2, -0.15) is 0 Å². The van der Waals surface area contributed by atoms with Gasteiger partial charge < -0.3 is 15.0 Å². The molecule has 1 aromatic rings. The zero-order chi connectivity index (χ0) is 21.9. The minimum absolute atomic E-state index is 0.0395. The van der Waals surface area contributed by atoms with E-state index < -0.39 is 36.6 Å². The molecule has 158 valence electrons. The van der Waals surface area contributed by atoms with Gasteiger partial charge in [0, 0.05) is 12.1 Å². The summed E-state index contributed by atoms with van der Waals surface area (Å²) in [6.07, 6.45) is 0. The molecule has 1 fully saturated rings. The van der Waals surface area contributed by atoms with Crippen molar-refractivity contribution >= 4 is 23.8 Å². The molecule has 29 heavy (non-hydrogen) atoms. The van der Waals surface area contributed by atoms with E-state index in [4.69, 9.17) is 4.74 Å². The van der Waals surface area contributed by atoms with Crippen molar-refractivity contribution in [2.24, 2.45) is 0 Å². The number of hydrogen-bond donors (Lipinski definition) is 1. The van der Waals surface area contributed by atoms with Crippen LogP contribution in [-0.4, -0.2) is 58.8 Å². The Balaban J connectivity index is 2.02. The van der Waals surface area contributed by atoms with Gasteiger partial charge in [-0.3, -0.25) is 19.3 Å². The molecule has 4 amide bonds. The fourth-order valence-corrected chi connectivity index (χ4v) is 3.49. The van der Waals surface area contributed by atoms with E-state index in [0.717, 1.165) is 10.5 Å². The fourth-order valence-electron chi connectivity index (χ4n) is 3.49. The standard InChI is InChI=1S/C21H29N3O5/c1-13(2)24(14(3)4)17(25)12-29-18(26)11-23-19(27)21(6,22-20(23)28)16-9-7-15(5)8-10-16/h7-10,13-14H,11-12H2,1-6H3,(H,22,28)/t21-/m0/s1. The number of rotatable bonds is 7. The lowest BCUT2D eigenvalue weighted by atomic mass is 9.91. The van der Waals surface area contributed by atoms with Crippen molar-refractivity contribution in [2.45, 2.75) is 59.2 Å². The predicted octanol–water partition coefficient (Wildman–Crippen LogP) is 1.95. The van der Waals surface area contributed by atoms with Gasteiger partial charge >= 0.3 is 12.0 Å². The molecule has 8 heteroatoms. The maximum atomic E-state index is 12.8. The van der Waals surface area contributed by atoms with Crippen LogP contribution < -0.4 is 5.32 Å². The molecule has 0 spiro atoms. The van der Waals surface area contributed by atoms with Crippen LogP contribution in [0.25, 0.3) is 0 Å². The van der Waals surface area contributed by atoms with Crippen molar-refractivity contribution < 1.29 is 23.9 Å². The van der Waals surface area contributed by atoms with Gasteiger partial charge in [-0.15, -0.1) is 0 Å². The Morgan fingerprint density at radius 2 is 1.66 bits per heavy atom. The summed E-state index contributed by atoms with van der Waals surface area (Å²) in [5, 5.41) is 2.64. The van der Waals surface area contributed by atoms with E-state index in [0.29, 0.717) is 5.56 Å². The normalized spacial score (nSPS) is 19.0. The molecule has 0 bridgehead atoms. The van der Waals surface area contributed by atoms with Crippen molar-refractivity contribution in [1.82, 2.24) is 15.1 Å². The molecule has 2 rings (SSSR count). The van der Waals surface area contributed by atoms with Gasteiger partial charge in [-0.1, -0.05) is 29.8 Å². The van der Waals surface area contributed by atoms with Gasteiger partial charge in [-0.25, -0.2) is 4.79 Å². The third-order valence-electron chi connectivity index (χ3n) is 4.95. The van der Waals surface area contributed by atoms with Gasteiger partial charge in [0.05, 0.1) is 0 Å². The van der Waals surface area contributed by atoms with Crippen LogP contribution >= 0.6 is 0 Å². The number of ether oxygens (including phenoxy) is 1. The van der Waals surface area contributed by atoms with Crippen LogP contribution in [0.5, 0.6) is 0 Å². The van der Waals surface area contributed by atoms with E-state index in [-0.39, 0.29) is 18.0 Å². The molecule has 0 saturated carbocycles. The Hall–Kier alpha value is -2.90. The van der Waals surface area contributed by atoms with E-state index in [1.165, 1.54) is 0 Å². The first-order chi connectivity index (χ1) is 13.5. The SMILES string of the molecule is Cc1ccc([C@]2(C)NC(=O)N(CC(=O)OCC(=O)N(C(C)C)C(C)C)C2=O)cc1.